The van der Waals surface area contributed by atoms with Crippen molar-refractivity contribution in [1.82, 2.24) is 10.2 Å². The Kier molecular flexibility index (Phi) is 5.25. The molecule has 2 amide bonds. The smallest absolute Gasteiger partial charge is 0.236 e. The number of nitrogens with one attached hydrogen (secondary N) is 1. The molecule has 124 valence electrons. The van der Waals surface area contributed by atoms with E-state index in [4.69, 9.17) is 4.74 Å². The highest BCUT2D eigenvalue weighted by molar-refractivity contribution is 6.05. The molecule has 0 unspecified atom stereocenters. The van der Waals surface area contributed by atoms with Crippen molar-refractivity contribution in [3.8, 4) is 0 Å². The van der Waals surface area contributed by atoms with Crippen LogP contribution in [0, 0.1) is 0 Å². The molecule has 0 radical (unpaired) electrons. The first-order valence-corrected chi connectivity index (χ1v) is 8.19. The fourth-order valence-corrected chi connectivity index (χ4v) is 3.07. The Balaban J connectivity index is 1.42. The maximum absolute atomic E-state index is 12.3. The van der Waals surface area contributed by atoms with Gasteiger partial charge in [-0.15, -0.1) is 0 Å². The SMILES string of the molecule is O=C(CC(=O)N1CCc2ccccc21)NCCN1CCOCC1. The molecule has 0 aliphatic carbocycles. The number of hydrogen-bond donors (Lipinski definition) is 1. The van der Waals surface area contributed by atoms with Crippen LogP contribution in [-0.2, 0) is 20.7 Å². The Bertz CT molecular complexity index is 570. The Morgan fingerprint density at radius 1 is 1.13 bits per heavy atom. The number of nitrogens with zero attached hydrogens (tertiary/aromatic N) is 2. The molecule has 6 nitrogen and oxygen atoms in total. The fourth-order valence-electron chi connectivity index (χ4n) is 3.07. The van der Waals surface area contributed by atoms with Crippen molar-refractivity contribution in [1.29, 1.82) is 0 Å². The number of carbonyl (C=O) groups excluding carboxylic acids is 2. The van der Waals surface area contributed by atoms with Crippen LogP contribution in [0.1, 0.15) is 12.0 Å². The highest BCUT2D eigenvalue weighted by Gasteiger charge is 2.25. The quantitative estimate of drug-likeness (QED) is 0.799. The molecule has 2 aliphatic rings. The van der Waals surface area contributed by atoms with Crippen molar-refractivity contribution >= 4 is 17.5 Å². The number of amides is 2. The van der Waals surface area contributed by atoms with Gasteiger partial charge in [0.2, 0.25) is 11.8 Å². The lowest BCUT2D eigenvalue weighted by Gasteiger charge is -2.26. The monoisotopic (exact) mass is 317 g/mol. The summed E-state index contributed by atoms with van der Waals surface area (Å²) in [6.45, 7) is 5.35. The van der Waals surface area contributed by atoms with Crippen molar-refractivity contribution in [2.75, 3.05) is 50.8 Å². The summed E-state index contributed by atoms with van der Waals surface area (Å²) in [5.74, 6) is -0.327. The minimum atomic E-state index is -0.201. The highest BCUT2D eigenvalue weighted by atomic mass is 16.5. The third-order valence-electron chi connectivity index (χ3n) is 4.35. The van der Waals surface area contributed by atoms with Crippen molar-refractivity contribution in [3.63, 3.8) is 0 Å². The number of ether oxygens (including phenoxy) is 1. The Morgan fingerprint density at radius 2 is 1.91 bits per heavy atom. The zero-order chi connectivity index (χ0) is 16.1. The van der Waals surface area contributed by atoms with Gasteiger partial charge in [0, 0.05) is 38.4 Å². The van der Waals surface area contributed by atoms with E-state index in [0.717, 1.165) is 45.0 Å². The second-order valence-electron chi connectivity index (χ2n) is 5.90. The lowest BCUT2D eigenvalue weighted by molar-refractivity contribution is -0.127. The molecule has 23 heavy (non-hydrogen) atoms. The van der Waals surface area contributed by atoms with Gasteiger partial charge in [-0.3, -0.25) is 14.5 Å². The molecule has 1 aromatic rings. The molecule has 1 N–H and O–H groups in total. The second kappa shape index (κ2) is 7.57. The zero-order valence-corrected chi connectivity index (χ0v) is 13.3. The number of benzene rings is 1. The lowest BCUT2D eigenvalue weighted by atomic mass is 10.2. The van der Waals surface area contributed by atoms with Gasteiger partial charge in [0.05, 0.1) is 13.2 Å². The van der Waals surface area contributed by atoms with E-state index in [2.05, 4.69) is 10.2 Å². The van der Waals surface area contributed by atoms with Crippen molar-refractivity contribution in [2.45, 2.75) is 12.8 Å². The van der Waals surface area contributed by atoms with Crippen LogP contribution in [0.25, 0.3) is 0 Å². The summed E-state index contributed by atoms with van der Waals surface area (Å²) in [7, 11) is 0. The molecule has 2 heterocycles. The van der Waals surface area contributed by atoms with Crippen LogP contribution >= 0.6 is 0 Å². The molecule has 1 saturated heterocycles. The van der Waals surface area contributed by atoms with Gasteiger partial charge in [0.1, 0.15) is 6.42 Å². The van der Waals surface area contributed by atoms with E-state index in [1.165, 1.54) is 5.56 Å². The first-order valence-electron chi connectivity index (χ1n) is 8.19. The molecule has 0 atom stereocenters. The van der Waals surface area contributed by atoms with E-state index in [0.29, 0.717) is 13.1 Å². The van der Waals surface area contributed by atoms with Crippen LogP contribution in [-0.4, -0.2) is 62.7 Å². The van der Waals surface area contributed by atoms with Crippen LogP contribution < -0.4 is 10.2 Å². The van der Waals surface area contributed by atoms with Gasteiger partial charge in [-0.1, -0.05) is 18.2 Å². The van der Waals surface area contributed by atoms with Crippen LogP contribution in [0.2, 0.25) is 0 Å². The normalized spacial score (nSPS) is 17.8. The van der Waals surface area contributed by atoms with Gasteiger partial charge >= 0.3 is 0 Å². The molecule has 0 aromatic heterocycles. The molecular weight excluding hydrogens is 294 g/mol. The summed E-state index contributed by atoms with van der Waals surface area (Å²) in [6.07, 6.45) is 0.776. The number of hydrogen-bond acceptors (Lipinski definition) is 4. The molecule has 1 fully saturated rings. The third kappa shape index (κ3) is 4.09. The van der Waals surface area contributed by atoms with E-state index < -0.39 is 0 Å². The number of rotatable bonds is 5. The van der Waals surface area contributed by atoms with E-state index >= 15 is 0 Å². The largest absolute Gasteiger partial charge is 0.379 e. The van der Waals surface area contributed by atoms with Gasteiger partial charge in [-0.2, -0.15) is 0 Å². The van der Waals surface area contributed by atoms with Gasteiger partial charge in [0.25, 0.3) is 0 Å². The number of morpholine rings is 1. The minimum Gasteiger partial charge on any atom is -0.379 e. The van der Waals surface area contributed by atoms with Gasteiger partial charge in [-0.05, 0) is 18.1 Å². The molecule has 3 rings (SSSR count). The maximum atomic E-state index is 12.3. The topological polar surface area (TPSA) is 61.9 Å². The number of fused-ring (bicyclic) bond motifs is 1. The van der Waals surface area contributed by atoms with Crippen molar-refractivity contribution in [3.05, 3.63) is 29.8 Å². The van der Waals surface area contributed by atoms with Crippen LogP contribution in [0.4, 0.5) is 5.69 Å². The van der Waals surface area contributed by atoms with Crippen molar-refractivity contribution in [2.24, 2.45) is 0 Å². The van der Waals surface area contributed by atoms with Crippen LogP contribution in [0.15, 0.2) is 24.3 Å². The summed E-state index contributed by atoms with van der Waals surface area (Å²) in [5, 5.41) is 2.84. The molecule has 0 spiro atoms. The van der Waals surface area contributed by atoms with Crippen molar-refractivity contribution < 1.29 is 14.3 Å². The summed E-state index contributed by atoms with van der Waals surface area (Å²) in [4.78, 5) is 28.3. The third-order valence-corrected chi connectivity index (χ3v) is 4.35. The number of carbonyl (C=O) groups is 2. The Morgan fingerprint density at radius 3 is 2.74 bits per heavy atom. The predicted octanol–water partition coefficient (Wildman–Crippen LogP) is 0.414. The van der Waals surface area contributed by atoms with Gasteiger partial charge < -0.3 is 15.0 Å². The summed E-state index contributed by atoms with van der Waals surface area (Å²) in [5.41, 5.74) is 2.12. The van der Waals surface area contributed by atoms with E-state index in [-0.39, 0.29) is 18.2 Å². The Hall–Kier alpha value is -1.92. The van der Waals surface area contributed by atoms with Crippen LogP contribution in [0.3, 0.4) is 0 Å². The first-order chi connectivity index (χ1) is 11.2. The molecule has 0 saturated carbocycles. The second-order valence-corrected chi connectivity index (χ2v) is 5.90. The van der Waals surface area contributed by atoms with Gasteiger partial charge in [-0.25, -0.2) is 0 Å². The lowest BCUT2D eigenvalue weighted by Crippen LogP contribution is -2.42. The fraction of sp³-hybridized carbons (Fsp3) is 0.529. The molecule has 2 aliphatic heterocycles. The number of anilines is 1. The standard InChI is InChI=1S/C17H23N3O3/c21-16(18-6-8-19-9-11-23-12-10-19)13-17(22)20-7-5-14-3-1-2-4-15(14)20/h1-4H,5-13H2,(H,18,21). The molecular formula is C17H23N3O3. The average Bonchev–Trinajstić information content (AvgIpc) is 3.00. The molecule has 1 aromatic carbocycles. The minimum absolute atomic E-state index is 0.0859. The zero-order valence-electron chi connectivity index (χ0n) is 13.3. The van der Waals surface area contributed by atoms with Gasteiger partial charge in [0.15, 0.2) is 0 Å². The summed E-state index contributed by atoms with van der Waals surface area (Å²) < 4.78 is 5.29. The Labute approximate surface area is 136 Å². The maximum Gasteiger partial charge on any atom is 0.236 e. The number of para-hydroxylation sites is 1. The predicted molar refractivity (Wildman–Crippen MR) is 87.4 cm³/mol. The summed E-state index contributed by atoms with van der Waals surface area (Å²) >= 11 is 0. The highest BCUT2D eigenvalue weighted by Crippen LogP contribution is 2.27. The average molecular weight is 317 g/mol. The van der Waals surface area contributed by atoms with E-state index in [1.54, 1.807) is 4.90 Å². The van der Waals surface area contributed by atoms with E-state index in [1.807, 2.05) is 24.3 Å². The van der Waals surface area contributed by atoms with E-state index in [9.17, 15) is 9.59 Å². The summed E-state index contributed by atoms with van der Waals surface area (Å²) in [6, 6.07) is 7.87. The molecule has 6 heteroatoms. The first kappa shape index (κ1) is 16.0. The molecule has 0 bridgehead atoms. The van der Waals surface area contributed by atoms with Crippen LogP contribution in [0.5, 0.6) is 0 Å².